The second-order valence-electron chi connectivity index (χ2n) is 4.08. The largest absolute Gasteiger partial charge is 0.345 e. The smallest absolute Gasteiger partial charge is 0.243 e. The molecule has 0 saturated heterocycles. The highest BCUT2D eigenvalue weighted by Crippen LogP contribution is 2.41. The zero-order valence-electron chi connectivity index (χ0n) is 8.95. The Morgan fingerprint density at radius 1 is 1.44 bits per heavy atom. The number of carbonyl (C=O) groups is 1. The summed E-state index contributed by atoms with van der Waals surface area (Å²) in [5, 5.41) is 3.68. The van der Waals surface area contributed by atoms with E-state index in [-0.39, 0.29) is 11.9 Å². The van der Waals surface area contributed by atoms with Crippen molar-refractivity contribution in [3.8, 4) is 0 Å². The van der Waals surface area contributed by atoms with Crippen molar-refractivity contribution >= 4 is 17.5 Å². The Morgan fingerprint density at radius 2 is 2.06 bits per heavy atom. The van der Waals surface area contributed by atoms with Crippen LogP contribution in [-0.4, -0.2) is 5.91 Å². The van der Waals surface area contributed by atoms with Gasteiger partial charge >= 0.3 is 0 Å². The summed E-state index contributed by atoms with van der Waals surface area (Å²) in [5.41, 5.74) is 1.11. The van der Waals surface area contributed by atoms with Crippen LogP contribution in [0.1, 0.15) is 24.4 Å². The van der Waals surface area contributed by atoms with Crippen LogP contribution >= 0.6 is 11.6 Å². The van der Waals surface area contributed by atoms with Crippen LogP contribution in [0.4, 0.5) is 0 Å². The fourth-order valence-electron chi connectivity index (χ4n) is 1.79. The van der Waals surface area contributed by atoms with Gasteiger partial charge < -0.3 is 5.32 Å². The van der Waals surface area contributed by atoms with Crippen LogP contribution in [0.3, 0.4) is 0 Å². The van der Waals surface area contributed by atoms with Gasteiger partial charge in [0, 0.05) is 5.02 Å². The minimum absolute atomic E-state index is 0.0998. The highest BCUT2D eigenvalue weighted by Gasteiger charge is 2.32. The molecule has 84 valence electrons. The van der Waals surface area contributed by atoms with Gasteiger partial charge in [-0.15, -0.1) is 0 Å². The normalized spacial score (nSPS) is 16.6. The first-order valence-electron chi connectivity index (χ1n) is 5.39. The van der Waals surface area contributed by atoms with Crippen molar-refractivity contribution < 1.29 is 4.79 Å². The molecule has 1 aromatic carbocycles. The molecule has 3 heteroatoms. The van der Waals surface area contributed by atoms with Crippen LogP contribution < -0.4 is 5.32 Å². The summed E-state index contributed by atoms with van der Waals surface area (Å²) in [7, 11) is 0. The average molecular weight is 236 g/mol. The van der Waals surface area contributed by atoms with Gasteiger partial charge in [-0.2, -0.15) is 0 Å². The summed E-state index contributed by atoms with van der Waals surface area (Å²) < 4.78 is 0. The number of amides is 1. The van der Waals surface area contributed by atoms with Crippen LogP contribution in [0, 0.1) is 5.92 Å². The molecular weight excluding hydrogens is 222 g/mol. The van der Waals surface area contributed by atoms with Gasteiger partial charge in [0.2, 0.25) is 5.91 Å². The molecule has 0 aromatic heterocycles. The van der Waals surface area contributed by atoms with Crippen LogP contribution in [-0.2, 0) is 4.79 Å². The van der Waals surface area contributed by atoms with E-state index in [0.717, 1.165) is 5.56 Å². The van der Waals surface area contributed by atoms with Crippen molar-refractivity contribution in [3.63, 3.8) is 0 Å². The van der Waals surface area contributed by atoms with E-state index >= 15 is 0 Å². The molecule has 0 aliphatic heterocycles. The molecule has 1 aromatic rings. The van der Waals surface area contributed by atoms with Crippen molar-refractivity contribution in [3.05, 3.63) is 47.5 Å². The van der Waals surface area contributed by atoms with Crippen LogP contribution in [0.5, 0.6) is 0 Å². The Bertz CT molecular complexity index is 395. The molecule has 2 rings (SSSR count). The third kappa shape index (κ3) is 2.64. The first-order valence-corrected chi connectivity index (χ1v) is 5.77. The molecule has 1 atom stereocenters. The number of rotatable bonds is 4. The predicted octanol–water partition coefficient (Wildman–Crippen LogP) is 3.09. The maximum atomic E-state index is 11.3. The second kappa shape index (κ2) is 4.71. The molecule has 1 aliphatic carbocycles. The summed E-state index contributed by atoms with van der Waals surface area (Å²) in [6.07, 6.45) is 3.65. The molecule has 1 aliphatic rings. The lowest BCUT2D eigenvalue weighted by atomic mass is 10.0. The van der Waals surface area contributed by atoms with E-state index in [9.17, 15) is 4.79 Å². The van der Waals surface area contributed by atoms with Gasteiger partial charge in [-0.05, 0) is 42.5 Å². The molecule has 0 bridgehead atoms. The first-order chi connectivity index (χ1) is 7.70. The fraction of sp³-hybridized carbons (Fsp3) is 0.308. The Hall–Kier alpha value is -1.28. The van der Waals surface area contributed by atoms with Crippen LogP contribution in [0.25, 0.3) is 0 Å². The first kappa shape index (κ1) is 11.2. The van der Waals surface area contributed by atoms with E-state index in [1.54, 1.807) is 0 Å². The minimum Gasteiger partial charge on any atom is -0.345 e. The topological polar surface area (TPSA) is 29.1 Å². The summed E-state index contributed by atoms with van der Waals surface area (Å²) in [5.74, 6) is 0.442. The van der Waals surface area contributed by atoms with Crippen molar-refractivity contribution in [1.82, 2.24) is 5.32 Å². The molecule has 1 saturated carbocycles. The quantitative estimate of drug-likeness (QED) is 0.799. The number of hydrogen-bond donors (Lipinski definition) is 1. The molecule has 1 N–H and O–H groups in total. The number of benzene rings is 1. The van der Waals surface area contributed by atoms with Gasteiger partial charge in [0.1, 0.15) is 0 Å². The van der Waals surface area contributed by atoms with Gasteiger partial charge in [-0.3, -0.25) is 4.79 Å². The zero-order valence-corrected chi connectivity index (χ0v) is 9.70. The second-order valence-corrected chi connectivity index (χ2v) is 4.52. The SMILES string of the molecule is C=CC(=O)NC(c1ccc(Cl)cc1)C1CC1. The highest BCUT2D eigenvalue weighted by atomic mass is 35.5. The van der Waals surface area contributed by atoms with Gasteiger partial charge in [0.15, 0.2) is 0 Å². The molecular formula is C13H14ClNO. The van der Waals surface area contributed by atoms with Crippen molar-refractivity contribution in [2.45, 2.75) is 18.9 Å². The minimum atomic E-state index is -0.119. The van der Waals surface area contributed by atoms with E-state index in [1.807, 2.05) is 24.3 Å². The van der Waals surface area contributed by atoms with Gasteiger partial charge in [0.25, 0.3) is 0 Å². The average Bonchev–Trinajstić information content (AvgIpc) is 3.11. The van der Waals surface area contributed by atoms with Gasteiger partial charge in [0.05, 0.1) is 6.04 Å². The van der Waals surface area contributed by atoms with Gasteiger partial charge in [-0.25, -0.2) is 0 Å². The lowest BCUT2D eigenvalue weighted by Crippen LogP contribution is -2.28. The molecule has 16 heavy (non-hydrogen) atoms. The third-order valence-electron chi connectivity index (χ3n) is 2.81. The number of nitrogens with one attached hydrogen (secondary N) is 1. The molecule has 0 radical (unpaired) electrons. The van der Waals surface area contributed by atoms with Crippen LogP contribution in [0.15, 0.2) is 36.9 Å². The number of carbonyl (C=O) groups excluding carboxylic acids is 1. The molecule has 0 spiro atoms. The van der Waals surface area contributed by atoms with E-state index in [4.69, 9.17) is 11.6 Å². The van der Waals surface area contributed by atoms with Crippen LogP contribution in [0.2, 0.25) is 5.02 Å². The summed E-state index contributed by atoms with van der Waals surface area (Å²) in [4.78, 5) is 11.3. The van der Waals surface area contributed by atoms with E-state index < -0.39 is 0 Å². The summed E-state index contributed by atoms with van der Waals surface area (Å²) in [6, 6.07) is 7.74. The monoisotopic (exact) mass is 235 g/mol. The van der Waals surface area contributed by atoms with Crippen molar-refractivity contribution in [2.75, 3.05) is 0 Å². The molecule has 0 heterocycles. The molecule has 1 unspecified atom stereocenters. The molecule has 1 fully saturated rings. The number of hydrogen-bond acceptors (Lipinski definition) is 1. The van der Waals surface area contributed by atoms with E-state index in [2.05, 4.69) is 11.9 Å². The predicted molar refractivity (Wildman–Crippen MR) is 65.3 cm³/mol. The Kier molecular flexibility index (Phi) is 3.30. The van der Waals surface area contributed by atoms with Crippen molar-refractivity contribution in [2.24, 2.45) is 5.92 Å². The maximum Gasteiger partial charge on any atom is 0.243 e. The standard InChI is InChI=1S/C13H14ClNO/c1-2-12(16)15-13(9-3-4-9)10-5-7-11(14)8-6-10/h2,5-9,13H,1,3-4H2,(H,15,16). The maximum absolute atomic E-state index is 11.3. The fourth-order valence-corrected chi connectivity index (χ4v) is 1.91. The third-order valence-corrected chi connectivity index (χ3v) is 3.06. The highest BCUT2D eigenvalue weighted by molar-refractivity contribution is 6.30. The molecule has 2 nitrogen and oxygen atoms in total. The van der Waals surface area contributed by atoms with Gasteiger partial charge in [-0.1, -0.05) is 30.3 Å². The number of halogens is 1. The summed E-state index contributed by atoms with van der Waals surface area (Å²) >= 11 is 5.84. The van der Waals surface area contributed by atoms with E-state index in [1.165, 1.54) is 18.9 Å². The Morgan fingerprint density at radius 3 is 2.56 bits per heavy atom. The van der Waals surface area contributed by atoms with E-state index in [0.29, 0.717) is 10.9 Å². The lowest BCUT2D eigenvalue weighted by Gasteiger charge is -2.17. The molecule has 1 amide bonds. The lowest BCUT2D eigenvalue weighted by molar-refractivity contribution is -0.117. The zero-order chi connectivity index (χ0) is 11.5. The summed E-state index contributed by atoms with van der Waals surface area (Å²) in [6.45, 7) is 3.47. The van der Waals surface area contributed by atoms with Crippen molar-refractivity contribution in [1.29, 1.82) is 0 Å². The Labute approximate surface area is 100 Å². The Balaban J connectivity index is 2.15.